The summed E-state index contributed by atoms with van der Waals surface area (Å²) >= 11 is 0. The number of aliphatic hydroxyl groups excluding tert-OH is 2. The average molecular weight is 217 g/mol. The Balaban J connectivity index is 2.62. The number of ether oxygens (including phenoxy) is 2. The second-order valence-electron chi connectivity index (χ2n) is 3.25. The van der Waals surface area contributed by atoms with Gasteiger partial charge in [-0.05, 0) is 0 Å². The van der Waals surface area contributed by atoms with Gasteiger partial charge in [0.15, 0.2) is 0 Å². The molecule has 1 heterocycles. The Hall–Kier alpha value is -0.950. The Kier molecular flexibility index (Phi) is 4.22. The number of aliphatic hydroxyl groups is 2. The van der Waals surface area contributed by atoms with E-state index in [1.54, 1.807) is 0 Å². The lowest BCUT2D eigenvalue weighted by molar-refractivity contribution is -0.129. The van der Waals surface area contributed by atoms with Crippen LogP contribution in [0.15, 0.2) is 17.8 Å². The van der Waals surface area contributed by atoms with Crippen molar-refractivity contribution in [2.45, 2.75) is 24.4 Å². The zero-order valence-electron chi connectivity index (χ0n) is 8.24. The van der Waals surface area contributed by atoms with Gasteiger partial charge in [0, 0.05) is 6.42 Å². The molecule has 0 amide bonds. The van der Waals surface area contributed by atoms with Gasteiger partial charge in [0.05, 0.1) is 25.4 Å². The van der Waals surface area contributed by atoms with Crippen LogP contribution in [0.4, 0.5) is 0 Å². The van der Waals surface area contributed by atoms with Gasteiger partial charge in [0.1, 0.15) is 6.21 Å². The summed E-state index contributed by atoms with van der Waals surface area (Å²) in [5.74, 6) is -1.25. The fraction of sp³-hybridized carbons (Fsp3) is 0.667. The first-order chi connectivity index (χ1) is 7.13. The molecule has 0 aromatic rings. The Morgan fingerprint density at radius 3 is 2.47 bits per heavy atom. The lowest BCUT2D eigenvalue weighted by Crippen LogP contribution is -2.40. The summed E-state index contributed by atoms with van der Waals surface area (Å²) < 4.78 is 10.4. The zero-order chi connectivity index (χ0) is 11.3. The SMILES string of the molecule is C=C[C@@H](O)[C@H](O)CC1(/C=N/O)OCCO1. The molecular weight excluding hydrogens is 202 g/mol. The highest BCUT2D eigenvalue weighted by molar-refractivity contribution is 5.66. The molecule has 6 heteroatoms. The van der Waals surface area contributed by atoms with Gasteiger partial charge in [0.2, 0.25) is 5.79 Å². The van der Waals surface area contributed by atoms with E-state index < -0.39 is 18.0 Å². The maximum Gasteiger partial charge on any atom is 0.211 e. The third kappa shape index (κ3) is 3.00. The van der Waals surface area contributed by atoms with Gasteiger partial charge in [-0.3, -0.25) is 0 Å². The summed E-state index contributed by atoms with van der Waals surface area (Å²) in [6, 6.07) is 0. The number of oxime groups is 1. The Morgan fingerprint density at radius 1 is 1.40 bits per heavy atom. The van der Waals surface area contributed by atoms with Crippen LogP contribution in [-0.4, -0.2) is 52.8 Å². The first kappa shape index (κ1) is 12.1. The van der Waals surface area contributed by atoms with E-state index in [4.69, 9.17) is 14.7 Å². The summed E-state index contributed by atoms with van der Waals surface area (Å²) in [6.45, 7) is 4.05. The molecule has 0 saturated carbocycles. The number of hydrogen-bond acceptors (Lipinski definition) is 6. The van der Waals surface area contributed by atoms with Crippen molar-refractivity contribution >= 4 is 6.21 Å². The first-order valence-electron chi connectivity index (χ1n) is 4.59. The Morgan fingerprint density at radius 2 is 2.00 bits per heavy atom. The largest absolute Gasteiger partial charge is 0.411 e. The van der Waals surface area contributed by atoms with Gasteiger partial charge >= 0.3 is 0 Å². The van der Waals surface area contributed by atoms with E-state index >= 15 is 0 Å². The van der Waals surface area contributed by atoms with Crippen LogP contribution in [0.1, 0.15) is 6.42 Å². The molecule has 1 fully saturated rings. The normalized spacial score (nSPS) is 24.1. The molecule has 1 rings (SSSR count). The van der Waals surface area contributed by atoms with Crippen LogP contribution in [0.2, 0.25) is 0 Å². The van der Waals surface area contributed by atoms with Crippen molar-refractivity contribution in [3.05, 3.63) is 12.7 Å². The van der Waals surface area contributed by atoms with Crippen molar-refractivity contribution in [1.29, 1.82) is 0 Å². The van der Waals surface area contributed by atoms with Crippen LogP contribution in [0.3, 0.4) is 0 Å². The Labute approximate surface area is 87.4 Å². The molecular formula is C9H15NO5. The predicted octanol–water partition coefficient (Wildman–Crippen LogP) is -0.513. The zero-order valence-corrected chi connectivity index (χ0v) is 8.24. The molecule has 86 valence electrons. The number of rotatable bonds is 5. The average Bonchev–Trinajstić information content (AvgIpc) is 2.65. The molecule has 2 atom stereocenters. The van der Waals surface area contributed by atoms with E-state index in [2.05, 4.69) is 11.7 Å². The van der Waals surface area contributed by atoms with Gasteiger partial charge in [-0.1, -0.05) is 11.2 Å². The summed E-state index contributed by atoms with van der Waals surface area (Å²) in [4.78, 5) is 0. The van der Waals surface area contributed by atoms with Crippen LogP contribution < -0.4 is 0 Å². The molecule has 0 aliphatic carbocycles. The van der Waals surface area contributed by atoms with Gasteiger partial charge in [0.25, 0.3) is 0 Å². The van der Waals surface area contributed by atoms with Gasteiger partial charge in [-0.15, -0.1) is 6.58 Å². The molecule has 0 aromatic carbocycles. The molecule has 0 aromatic heterocycles. The maximum absolute atomic E-state index is 9.55. The highest BCUT2D eigenvalue weighted by Gasteiger charge is 2.38. The van der Waals surface area contributed by atoms with Crippen molar-refractivity contribution in [1.82, 2.24) is 0 Å². The molecule has 1 aliphatic rings. The second-order valence-corrected chi connectivity index (χ2v) is 3.25. The first-order valence-corrected chi connectivity index (χ1v) is 4.59. The van der Waals surface area contributed by atoms with Gasteiger partial charge < -0.3 is 24.9 Å². The van der Waals surface area contributed by atoms with E-state index in [9.17, 15) is 10.2 Å². The van der Waals surface area contributed by atoms with Crippen LogP contribution in [-0.2, 0) is 9.47 Å². The standard InChI is InChI=1S/C9H15NO5/c1-2-7(11)8(12)5-9(6-10-13)14-3-4-15-9/h2,6-8,11-13H,1,3-5H2/b10-6+/t7-,8-/m1/s1. The Bertz CT molecular complexity index is 237. The summed E-state index contributed by atoms with van der Waals surface area (Å²) in [7, 11) is 0. The van der Waals surface area contributed by atoms with E-state index in [0.29, 0.717) is 13.2 Å². The van der Waals surface area contributed by atoms with Crippen molar-refractivity contribution in [3.63, 3.8) is 0 Å². The van der Waals surface area contributed by atoms with Crippen molar-refractivity contribution < 1.29 is 24.9 Å². The van der Waals surface area contributed by atoms with Crippen LogP contribution in [0.5, 0.6) is 0 Å². The molecule has 0 bridgehead atoms. The molecule has 1 saturated heterocycles. The number of hydrogen-bond donors (Lipinski definition) is 3. The van der Waals surface area contributed by atoms with Crippen LogP contribution in [0.25, 0.3) is 0 Å². The molecule has 6 nitrogen and oxygen atoms in total. The molecule has 1 aliphatic heterocycles. The second kappa shape index (κ2) is 5.22. The minimum absolute atomic E-state index is 0.0236. The molecule has 15 heavy (non-hydrogen) atoms. The van der Waals surface area contributed by atoms with Crippen molar-refractivity contribution in [3.8, 4) is 0 Å². The highest BCUT2D eigenvalue weighted by Crippen LogP contribution is 2.24. The minimum atomic E-state index is -1.25. The summed E-state index contributed by atoms with van der Waals surface area (Å²) in [5, 5.41) is 30.1. The third-order valence-corrected chi connectivity index (χ3v) is 2.16. The third-order valence-electron chi connectivity index (χ3n) is 2.16. The maximum atomic E-state index is 9.55. The van der Waals surface area contributed by atoms with E-state index in [0.717, 1.165) is 6.21 Å². The monoisotopic (exact) mass is 217 g/mol. The fourth-order valence-electron chi connectivity index (χ4n) is 1.37. The number of nitrogens with zero attached hydrogens (tertiary/aromatic N) is 1. The van der Waals surface area contributed by atoms with Gasteiger partial charge in [-0.25, -0.2) is 0 Å². The summed E-state index contributed by atoms with van der Waals surface area (Å²) in [5.41, 5.74) is 0. The topological polar surface area (TPSA) is 91.5 Å². The van der Waals surface area contributed by atoms with Gasteiger partial charge in [-0.2, -0.15) is 0 Å². The lowest BCUT2D eigenvalue weighted by Gasteiger charge is -2.26. The molecule has 3 N–H and O–H groups in total. The lowest BCUT2D eigenvalue weighted by atomic mass is 10.0. The van der Waals surface area contributed by atoms with Crippen LogP contribution >= 0.6 is 0 Å². The van der Waals surface area contributed by atoms with Crippen LogP contribution in [0, 0.1) is 0 Å². The smallest absolute Gasteiger partial charge is 0.211 e. The van der Waals surface area contributed by atoms with Crippen molar-refractivity contribution in [2.24, 2.45) is 5.16 Å². The predicted molar refractivity (Wildman–Crippen MR) is 51.7 cm³/mol. The van der Waals surface area contributed by atoms with Crippen molar-refractivity contribution in [2.75, 3.05) is 13.2 Å². The highest BCUT2D eigenvalue weighted by atomic mass is 16.7. The summed E-state index contributed by atoms with van der Waals surface area (Å²) in [6.07, 6.45) is 0.0903. The minimum Gasteiger partial charge on any atom is -0.411 e. The molecule has 0 unspecified atom stereocenters. The molecule has 0 radical (unpaired) electrons. The van der Waals surface area contributed by atoms with E-state index in [-0.39, 0.29) is 6.42 Å². The quantitative estimate of drug-likeness (QED) is 0.249. The van der Waals surface area contributed by atoms with E-state index in [1.807, 2.05) is 0 Å². The fourth-order valence-corrected chi connectivity index (χ4v) is 1.37. The van der Waals surface area contributed by atoms with E-state index in [1.165, 1.54) is 6.08 Å². The molecule has 0 spiro atoms.